The minimum Gasteiger partial charge on any atom is -0.496 e. The lowest BCUT2D eigenvalue weighted by atomic mass is 9.84. The summed E-state index contributed by atoms with van der Waals surface area (Å²) >= 11 is 0. The van der Waals surface area contributed by atoms with Crippen LogP contribution in [0.15, 0.2) is 12.1 Å². The quantitative estimate of drug-likeness (QED) is 0.801. The van der Waals surface area contributed by atoms with E-state index in [9.17, 15) is 0 Å². The van der Waals surface area contributed by atoms with Gasteiger partial charge in [0.1, 0.15) is 5.75 Å². The van der Waals surface area contributed by atoms with Gasteiger partial charge in [-0.3, -0.25) is 0 Å². The molecule has 82 valence electrons. The van der Waals surface area contributed by atoms with Gasteiger partial charge in [-0.1, -0.05) is 6.07 Å². The van der Waals surface area contributed by atoms with Crippen molar-refractivity contribution in [2.24, 2.45) is 0 Å². The van der Waals surface area contributed by atoms with Gasteiger partial charge in [0.2, 0.25) is 0 Å². The predicted octanol–water partition coefficient (Wildman–Crippen LogP) is 2.60. The highest BCUT2D eigenvalue weighted by molar-refractivity contribution is 5.47. The van der Waals surface area contributed by atoms with Crippen LogP contribution in [0.4, 0.5) is 0 Å². The molecule has 2 rings (SSSR count). The van der Waals surface area contributed by atoms with Gasteiger partial charge in [-0.2, -0.15) is 0 Å². The molecule has 2 nitrogen and oxygen atoms in total. The number of rotatable bonds is 2. The van der Waals surface area contributed by atoms with Crippen molar-refractivity contribution in [1.82, 2.24) is 5.32 Å². The summed E-state index contributed by atoms with van der Waals surface area (Å²) < 4.78 is 5.43. The van der Waals surface area contributed by atoms with Crippen LogP contribution in [0.3, 0.4) is 0 Å². The first kappa shape index (κ1) is 10.5. The Balaban J connectivity index is 2.53. The molecule has 2 heteroatoms. The van der Waals surface area contributed by atoms with E-state index in [1.54, 1.807) is 7.11 Å². The average molecular weight is 205 g/mol. The smallest absolute Gasteiger partial charge is 0.122 e. The number of aryl methyl sites for hydroxylation is 1. The second kappa shape index (κ2) is 4.23. The highest BCUT2D eigenvalue weighted by atomic mass is 16.5. The van der Waals surface area contributed by atoms with Crippen molar-refractivity contribution < 1.29 is 4.74 Å². The van der Waals surface area contributed by atoms with Gasteiger partial charge >= 0.3 is 0 Å². The standard InChI is InChI=1S/C13H19NO/c1-9-7-8-12(15-3)10-5-4-6-11(14-2)13(9)10/h7-8,11,14H,4-6H2,1-3H3. The summed E-state index contributed by atoms with van der Waals surface area (Å²) in [6, 6.07) is 4.75. The molecule has 1 aliphatic carbocycles. The molecule has 0 aromatic heterocycles. The fraction of sp³-hybridized carbons (Fsp3) is 0.538. The molecule has 0 fully saturated rings. The fourth-order valence-electron chi connectivity index (χ4n) is 2.61. The number of hydrogen-bond acceptors (Lipinski definition) is 2. The Labute approximate surface area is 91.6 Å². The first-order chi connectivity index (χ1) is 7.27. The normalized spacial score (nSPS) is 19.8. The first-order valence-electron chi connectivity index (χ1n) is 5.61. The fourth-order valence-corrected chi connectivity index (χ4v) is 2.61. The van der Waals surface area contributed by atoms with Gasteiger partial charge in [-0.05, 0) is 56.0 Å². The molecule has 1 atom stereocenters. The molecule has 1 aromatic rings. The monoisotopic (exact) mass is 205 g/mol. The Hall–Kier alpha value is -1.02. The molecule has 0 heterocycles. The van der Waals surface area contributed by atoms with Gasteiger partial charge in [-0.25, -0.2) is 0 Å². The number of fused-ring (bicyclic) bond motifs is 1. The van der Waals surface area contributed by atoms with Crippen LogP contribution in [0.5, 0.6) is 5.75 Å². The first-order valence-corrected chi connectivity index (χ1v) is 5.61. The Morgan fingerprint density at radius 2 is 2.20 bits per heavy atom. The summed E-state index contributed by atoms with van der Waals surface area (Å²) in [5, 5.41) is 3.40. The molecular formula is C13H19NO. The molecule has 0 aliphatic heterocycles. The van der Waals surface area contributed by atoms with E-state index in [0.29, 0.717) is 6.04 Å². The number of ether oxygens (including phenoxy) is 1. The summed E-state index contributed by atoms with van der Waals surface area (Å²) in [4.78, 5) is 0. The second-order valence-electron chi connectivity index (χ2n) is 4.21. The van der Waals surface area contributed by atoms with Crippen molar-refractivity contribution in [2.75, 3.05) is 14.2 Å². The van der Waals surface area contributed by atoms with Crippen molar-refractivity contribution in [3.05, 3.63) is 28.8 Å². The van der Waals surface area contributed by atoms with E-state index in [0.717, 1.165) is 12.2 Å². The lowest BCUT2D eigenvalue weighted by molar-refractivity contribution is 0.399. The van der Waals surface area contributed by atoms with Crippen LogP contribution in [-0.4, -0.2) is 14.2 Å². The molecule has 0 saturated carbocycles. The number of nitrogens with one attached hydrogen (secondary N) is 1. The average Bonchev–Trinajstić information content (AvgIpc) is 2.29. The molecule has 1 aromatic carbocycles. The van der Waals surface area contributed by atoms with Crippen LogP contribution in [0, 0.1) is 6.92 Å². The minimum atomic E-state index is 0.504. The van der Waals surface area contributed by atoms with Crippen LogP contribution in [0.2, 0.25) is 0 Å². The number of benzene rings is 1. The van der Waals surface area contributed by atoms with Gasteiger partial charge in [0.15, 0.2) is 0 Å². The maximum absolute atomic E-state index is 5.43. The van der Waals surface area contributed by atoms with Gasteiger partial charge < -0.3 is 10.1 Å². The van der Waals surface area contributed by atoms with Crippen molar-refractivity contribution in [3.63, 3.8) is 0 Å². The zero-order valence-electron chi connectivity index (χ0n) is 9.76. The van der Waals surface area contributed by atoms with Crippen LogP contribution in [0.1, 0.15) is 35.6 Å². The number of methoxy groups -OCH3 is 1. The molecule has 0 spiro atoms. The molecule has 0 amide bonds. The molecule has 0 bridgehead atoms. The number of hydrogen-bond donors (Lipinski definition) is 1. The van der Waals surface area contributed by atoms with E-state index >= 15 is 0 Å². The van der Waals surface area contributed by atoms with Gasteiger partial charge in [0.05, 0.1) is 7.11 Å². The van der Waals surface area contributed by atoms with Crippen LogP contribution < -0.4 is 10.1 Å². The Bertz CT molecular complexity index is 360. The summed E-state index contributed by atoms with van der Waals surface area (Å²) in [6.07, 6.45) is 3.63. The minimum absolute atomic E-state index is 0.504. The Kier molecular flexibility index (Phi) is 2.96. The highest BCUT2D eigenvalue weighted by Crippen LogP contribution is 2.37. The van der Waals surface area contributed by atoms with Gasteiger partial charge in [0.25, 0.3) is 0 Å². The predicted molar refractivity (Wildman–Crippen MR) is 62.5 cm³/mol. The maximum Gasteiger partial charge on any atom is 0.122 e. The molecule has 0 radical (unpaired) electrons. The molecule has 1 unspecified atom stereocenters. The molecule has 1 N–H and O–H groups in total. The van der Waals surface area contributed by atoms with Crippen molar-refractivity contribution >= 4 is 0 Å². The zero-order chi connectivity index (χ0) is 10.8. The van der Waals surface area contributed by atoms with Gasteiger partial charge in [0, 0.05) is 6.04 Å². The second-order valence-corrected chi connectivity index (χ2v) is 4.21. The SMILES string of the molecule is CNC1CCCc2c(OC)ccc(C)c21. The largest absolute Gasteiger partial charge is 0.496 e. The summed E-state index contributed by atoms with van der Waals surface area (Å²) in [6.45, 7) is 2.19. The van der Waals surface area contributed by atoms with E-state index in [1.165, 1.54) is 29.5 Å². The highest BCUT2D eigenvalue weighted by Gasteiger charge is 2.23. The lowest BCUT2D eigenvalue weighted by Gasteiger charge is -2.28. The van der Waals surface area contributed by atoms with Crippen molar-refractivity contribution in [3.8, 4) is 5.75 Å². The van der Waals surface area contributed by atoms with Crippen LogP contribution >= 0.6 is 0 Å². The summed E-state index contributed by atoms with van der Waals surface area (Å²) in [7, 11) is 3.80. The van der Waals surface area contributed by atoms with Crippen molar-refractivity contribution in [1.29, 1.82) is 0 Å². The maximum atomic E-state index is 5.43. The van der Waals surface area contributed by atoms with Gasteiger partial charge in [-0.15, -0.1) is 0 Å². The third-order valence-corrected chi connectivity index (χ3v) is 3.37. The zero-order valence-corrected chi connectivity index (χ0v) is 9.76. The third-order valence-electron chi connectivity index (χ3n) is 3.37. The molecular weight excluding hydrogens is 186 g/mol. The van der Waals surface area contributed by atoms with E-state index in [2.05, 4.69) is 24.4 Å². The summed E-state index contributed by atoms with van der Waals surface area (Å²) in [5.74, 6) is 1.05. The van der Waals surface area contributed by atoms with Crippen LogP contribution in [0.25, 0.3) is 0 Å². The summed E-state index contributed by atoms with van der Waals surface area (Å²) in [5.41, 5.74) is 4.25. The van der Waals surface area contributed by atoms with E-state index in [1.807, 2.05) is 7.05 Å². The lowest BCUT2D eigenvalue weighted by Crippen LogP contribution is -2.23. The molecule has 0 saturated heterocycles. The Morgan fingerprint density at radius 1 is 1.40 bits per heavy atom. The van der Waals surface area contributed by atoms with E-state index in [4.69, 9.17) is 4.74 Å². The molecule has 1 aliphatic rings. The third kappa shape index (κ3) is 1.74. The molecule has 15 heavy (non-hydrogen) atoms. The van der Waals surface area contributed by atoms with E-state index in [-0.39, 0.29) is 0 Å². The van der Waals surface area contributed by atoms with E-state index < -0.39 is 0 Å². The topological polar surface area (TPSA) is 21.3 Å². The van der Waals surface area contributed by atoms with Crippen LogP contribution in [-0.2, 0) is 6.42 Å². The van der Waals surface area contributed by atoms with Crippen molar-refractivity contribution in [2.45, 2.75) is 32.2 Å². The Morgan fingerprint density at radius 3 is 2.87 bits per heavy atom.